The van der Waals surface area contributed by atoms with E-state index >= 15 is 0 Å². The fourth-order valence-corrected chi connectivity index (χ4v) is 3.72. The smallest absolute Gasteiger partial charge is 0.191 e. The van der Waals surface area contributed by atoms with Gasteiger partial charge in [-0.3, -0.25) is 4.99 Å². The van der Waals surface area contributed by atoms with Gasteiger partial charge in [0.05, 0.1) is 13.7 Å². The van der Waals surface area contributed by atoms with Crippen LogP contribution in [0.25, 0.3) is 0 Å². The number of hydrogen-bond donors (Lipinski definition) is 2. The summed E-state index contributed by atoms with van der Waals surface area (Å²) in [7, 11) is 3.45. The number of methoxy groups -OCH3 is 1. The Labute approximate surface area is 166 Å². The molecule has 1 aromatic carbocycles. The molecule has 1 fully saturated rings. The second kappa shape index (κ2) is 10.9. The molecule has 5 nitrogen and oxygen atoms in total. The van der Waals surface area contributed by atoms with Gasteiger partial charge in [-0.1, -0.05) is 0 Å². The number of guanidine groups is 1. The van der Waals surface area contributed by atoms with Crippen molar-refractivity contribution in [3.63, 3.8) is 0 Å². The first-order chi connectivity index (χ1) is 11.1. The Bertz CT molecular complexity index is 505. The Kier molecular flexibility index (Phi) is 9.65. The molecule has 1 saturated heterocycles. The molecule has 1 aliphatic heterocycles. The SMILES string of the molecule is CN=C(NCCOc1ccc(OC)cc1)NCC1(C)CCCS1.I. The van der Waals surface area contributed by atoms with E-state index in [1.165, 1.54) is 18.6 Å². The van der Waals surface area contributed by atoms with Crippen LogP contribution in [0.2, 0.25) is 0 Å². The summed E-state index contributed by atoms with van der Waals surface area (Å²) < 4.78 is 11.1. The first kappa shape index (κ1) is 21.2. The summed E-state index contributed by atoms with van der Waals surface area (Å²) in [6.45, 7) is 4.54. The quantitative estimate of drug-likeness (QED) is 0.281. The zero-order chi connectivity index (χ0) is 16.5. The Hall–Kier alpha value is -0.830. The molecule has 0 bridgehead atoms. The normalized spacial score (nSPS) is 20.2. The number of rotatable bonds is 7. The maximum absolute atomic E-state index is 5.69. The molecule has 1 unspecified atom stereocenters. The van der Waals surface area contributed by atoms with E-state index in [0.717, 1.165) is 24.0 Å². The molecule has 2 rings (SSSR count). The molecule has 24 heavy (non-hydrogen) atoms. The minimum Gasteiger partial charge on any atom is -0.497 e. The molecule has 0 amide bonds. The van der Waals surface area contributed by atoms with E-state index < -0.39 is 0 Å². The van der Waals surface area contributed by atoms with Gasteiger partial charge in [0.15, 0.2) is 5.96 Å². The maximum atomic E-state index is 5.69. The lowest BCUT2D eigenvalue weighted by Crippen LogP contribution is -2.44. The number of nitrogens with one attached hydrogen (secondary N) is 2. The summed E-state index contributed by atoms with van der Waals surface area (Å²) in [5.41, 5.74) is 0. The number of thioether (sulfide) groups is 1. The van der Waals surface area contributed by atoms with Gasteiger partial charge in [-0.15, -0.1) is 24.0 Å². The van der Waals surface area contributed by atoms with E-state index in [0.29, 0.717) is 17.9 Å². The van der Waals surface area contributed by atoms with E-state index in [9.17, 15) is 0 Å². The summed E-state index contributed by atoms with van der Waals surface area (Å²) in [6, 6.07) is 7.60. The molecule has 1 heterocycles. The number of benzene rings is 1. The summed E-state index contributed by atoms with van der Waals surface area (Å²) >= 11 is 2.05. The van der Waals surface area contributed by atoms with Gasteiger partial charge in [0, 0.05) is 18.3 Å². The molecular weight excluding hydrogens is 437 g/mol. The summed E-state index contributed by atoms with van der Waals surface area (Å²) in [5, 5.41) is 6.69. The van der Waals surface area contributed by atoms with Crippen molar-refractivity contribution in [2.45, 2.75) is 24.5 Å². The topological polar surface area (TPSA) is 54.9 Å². The summed E-state index contributed by atoms with van der Waals surface area (Å²) in [4.78, 5) is 4.26. The first-order valence-electron chi connectivity index (χ1n) is 8.00. The Balaban J connectivity index is 0.00000288. The van der Waals surface area contributed by atoms with Crippen molar-refractivity contribution in [1.82, 2.24) is 10.6 Å². The van der Waals surface area contributed by atoms with Gasteiger partial charge in [0.25, 0.3) is 0 Å². The van der Waals surface area contributed by atoms with Crippen LogP contribution >= 0.6 is 35.7 Å². The fourth-order valence-electron chi connectivity index (χ4n) is 2.48. The maximum Gasteiger partial charge on any atom is 0.191 e. The summed E-state index contributed by atoms with van der Waals surface area (Å²) in [5.74, 6) is 3.76. The van der Waals surface area contributed by atoms with Gasteiger partial charge in [-0.2, -0.15) is 11.8 Å². The summed E-state index contributed by atoms with van der Waals surface area (Å²) in [6.07, 6.45) is 2.58. The van der Waals surface area contributed by atoms with E-state index in [1.54, 1.807) is 14.2 Å². The Morgan fingerprint density at radius 3 is 2.54 bits per heavy atom. The number of aliphatic imine (C=N–C) groups is 1. The average molecular weight is 465 g/mol. The molecule has 7 heteroatoms. The van der Waals surface area contributed by atoms with E-state index in [2.05, 4.69) is 22.5 Å². The van der Waals surface area contributed by atoms with E-state index in [-0.39, 0.29) is 24.0 Å². The highest BCUT2D eigenvalue weighted by Gasteiger charge is 2.29. The van der Waals surface area contributed by atoms with E-state index in [1.807, 2.05) is 36.0 Å². The lowest BCUT2D eigenvalue weighted by atomic mass is 10.1. The molecule has 136 valence electrons. The third-order valence-electron chi connectivity index (χ3n) is 3.88. The van der Waals surface area contributed by atoms with Gasteiger partial charge in [-0.25, -0.2) is 0 Å². The highest BCUT2D eigenvalue weighted by Crippen LogP contribution is 2.36. The van der Waals surface area contributed by atoms with Crippen LogP contribution in [0.5, 0.6) is 11.5 Å². The van der Waals surface area contributed by atoms with Crippen LogP contribution in [0, 0.1) is 0 Å². The van der Waals surface area contributed by atoms with Crippen molar-refractivity contribution in [1.29, 1.82) is 0 Å². The van der Waals surface area contributed by atoms with Crippen LogP contribution in [0.15, 0.2) is 29.3 Å². The number of ether oxygens (including phenoxy) is 2. The molecule has 1 aromatic rings. The van der Waals surface area contributed by atoms with Crippen LogP contribution < -0.4 is 20.1 Å². The molecule has 0 aliphatic carbocycles. The highest BCUT2D eigenvalue weighted by atomic mass is 127. The van der Waals surface area contributed by atoms with Gasteiger partial charge >= 0.3 is 0 Å². The third-order valence-corrected chi connectivity index (χ3v) is 5.41. The van der Waals surface area contributed by atoms with Crippen LogP contribution in [0.3, 0.4) is 0 Å². The Morgan fingerprint density at radius 2 is 1.96 bits per heavy atom. The number of halogens is 1. The highest BCUT2D eigenvalue weighted by molar-refractivity contribution is 14.0. The van der Waals surface area contributed by atoms with Crippen molar-refractivity contribution in [2.75, 3.05) is 39.6 Å². The van der Waals surface area contributed by atoms with Crippen LogP contribution in [-0.4, -0.2) is 50.3 Å². The predicted octanol–water partition coefficient (Wildman–Crippen LogP) is 3.14. The zero-order valence-electron chi connectivity index (χ0n) is 14.6. The first-order valence-corrected chi connectivity index (χ1v) is 8.99. The number of nitrogens with zero attached hydrogens (tertiary/aromatic N) is 1. The molecule has 0 saturated carbocycles. The zero-order valence-corrected chi connectivity index (χ0v) is 17.8. The van der Waals surface area contributed by atoms with Crippen molar-refractivity contribution in [3.8, 4) is 11.5 Å². The largest absolute Gasteiger partial charge is 0.497 e. The molecule has 2 N–H and O–H groups in total. The van der Waals surface area contributed by atoms with Gasteiger partial charge in [0.2, 0.25) is 0 Å². The van der Waals surface area contributed by atoms with Crippen LogP contribution in [-0.2, 0) is 0 Å². The molecule has 0 aromatic heterocycles. The monoisotopic (exact) mass is 465 g/mol. The predicted molar refractivity (Wildman–Crippen MR) is 113 cm³/mol. The standard InChI is InChI=1S/C17H27N3O2S.HI/c1-17(9-4-12-23-17)13-20-16(18-2)19-10-11-22-15-7-5-14(21-3)6-8-15;/h5-8H,4,9-13H2,1-3H3,(H2,18,19,20);1H. The number of hydrogen-bond acceptors (Lipinski definition) is 4. The van der Waals surface area contributed by atoms with Crippen molar-refractivity contribution in [3.05, 3.63) is 24.3 Å². The molecule has 0 spiro atoms. The lowest BCUT2D eigenvalue weighted by Gasteiger charge is -2.24. The molecule has 1 aliphatic rings. The van der Waals surface area contributed by atoms with Crippen molar-refractivity contribution >= 4 is 41.7 Å². The van der Waals surface area contributed by atoms with Crippen molar-refractivity contribution in [2.24, 2.45) is 4.99 Å². The fraction of sp³-hybridized carbons (Fsp3) is 0.588. The molecule has 1 atom stereocenters. The Morgan fingerprint density at radius 1 is 1.25 bits per heavy atom. The average Bonchev–Trinajstić information content (AvgIpc) is 3.01. The third kappa shape index (κ3) is 6.96. The molecular formula is C17H28IN3O2S. The van der Waals surface area contributed by atoms with Gasteiger partial charge < -0.3 is 20.1 Å². The minimum absolute atomic E-state index is 0. The molecule has 0 radical (unpaired) electrons. The second-order valence-corrected chi connectivity index (χ2v) is 7.46. The van der Waals surface area contributed by atoms with Gasteiger partial charge in [0.1, 0.15) is 18.1 Å². The van der Waals surface area contributed by atoms with Crippen molar-refractivity contribution < 1.29 is 9.47 Å². The van der Waals surface area contributed by atoms with Crippen LogP contribution in [0.1, 0.15) is 19.8 Å². The minimum atomic E-state index is 0. The van der Waals surface area contributed by atoms with Gasteiger partial charge in [-0.05, 0) is 49.8 Å². The van der Waals surface area contributed by atoms with E-state index in [4.69, 9.17) is 9.47 Å². The van der Waals surface area contributed by atoms with Crippen LogP contribution in [0.4, 0.5) is 0 Å². The second-order valence-electron chi connectivity index (χ2n) is 5.78. The lowest BCUT2D eigenvalue weighted by molar-refractivity contribution is 0.321.